The second-order valence-corrected chi connectivity index (χ2v) is 8.36. The molecule has 5 N–H and O–H groups in total. The molecular weight excluding hydrogens is 464 g/mol. The Kier molecular flexibility index (Phi) is 6.05. The van der Waals surface area contributed by atoms with E-state index >= 15 is 0 Å². The minimum atomic E-state index is -0.712. The lowest BCUT2D eigenvalue weighted by atomic mass is 9.89. The number of ether oxygens (including phenoxy) is 1. The van der Waals surface area contributed by atoms with Crippen LogP contribution in [0.25, 0.3) is 0 Å². The minimum Gasteiger partial charge on any atom is -0.507 e. The van der Waals surface area contributed by atoms with Gasteiger partial charge in [-0.25, -0.2) is 4.98 Å². The van der Waals surface area contributed by atoms with Gasteiger partial charge in [-0.3, -0.25) is 9.59 Å². The van der Waals surface area contributed by atoms with Crippen LogP contribution in [-0.2, 0) is 6.54 Å². The number of aromatic hydroxyl groups is 2. The zero-order valence-electron chi connectivity index (χ0n) is 19.2. The predicted octanol–water partition coefficient (Wildman–Crippen LogP) is 1.94. The van der Waals surface area contributed by atoms with Crippen LogP contribution in [0.3, 0.4) is 0 Å². The summed E-state index contributed by atoms with van der Waals surface area (Å²) >= 11 is 0. The van der Waals surface area contributed by atoms with E-state index in [2.05, 4.69) is 4.98 Å². The average molecular weight is 489 g/mol. The molecule has 0 unspecified atom stereocenters. The zero-order chi connectivity index (χ0) is 25.4. The molecule has 1 aliphatic heterocycles. The van der Waals surface area contributed by atoms with Gasteiger partial charge in [0.1, 0.15) is 28.8 Å². The van der Waals surface area contributed by atoms with E-state index in [0.29, 0.717) is 36.9 Å². The van der Waals surface area contributed by atoms with Crippen LogP contribution in [0.2, 0.25) is 0 Å². The molecular formula is C26H24N4O6. The number of pyridine rings is 1. The summed E-state index contributed by atoms with van der Waals surface area (Å²) in [5.41, 5.74) is 6.27. The largest absolute Gasteiger partial charge is 0.507 e. The number of nitrogens with zero attached hydrogens (tertiary/aromatic N) is 3. The van der Waals surface area contributed by atoms with Crippen molar-refractivity contribution in [3.05, 3.63) is 82.9 Å². The molecule has 0 saturated carbocycles. The summed E-state index contributed by atoms with van der Waals surface area (Å²) < 4.78 is 5.98. The first kappa shape index (κ1) is 23.3. The van der Waals surface area contributed by atoms with Gasteiger partial charge in [-0.2, -0.15) is 0 Å². The SMILES string of the molecule is NCCN(CCO)c1ccc(N2Cc3ccccc3OC3=C2C(=O)c2c(O)ccc(O)c2C3=O)cn1. The Morgan fingerprint density at radius 1 is 0.972 bits per heavy atom. The van der Waals surface area contributed by atoms with Crippen molar-refractivity contribution in [3.63, 3.8) is 0 Å². The molecule has 5 rings (SSSR count). The molecule has 0 saturated heterocycles. The van der Waals surface area contributed by atoms with Crippen LogP contribution in [0.4, 0.5) is 11.5 Å². The van der Waals surface area contributed by atoms with E-state index in [1.165, 1.54) is 6.07 Å². The molecule has 3 aromatic rings. The number of nitrogens with two attached hydrogens (primary N) is 1. The van der Waals surface area contributed by atoms with E-state index in [4.69, 9.17) is 10.5 Å². The molecule has 36 heavy (non-hydrogen) atoms. The van der Waals surface area contributed by atoms with Crippen LogP contribution in [-0.4, -0.2) is 58.1 Å². The standard InChI is InChI=1S/C26H24N4O6/c27-9-10-29(11-12-31)20-8-5-16(13-28-20)30-14-15-3-1-2-4-19(15)36-26-23(30)24(34)21-17(32)6-7-18(33)22(21)25(26)35/h1-8,13,31-33H,9-12,14,27H2. The normalized spacial score (nSPS) is 14.6. The third-order valence-electron chi connectivity index (χ3n) is 6.17. The summed E-state index contributed by atoms with van der Waals surface area (Å²) in [7, 11) is 0. The van der Waals surface area contributed by atoms with Crippen LogP contribution in [0.1, 0.15) is 26.3 Å². The summed E-state index contributed by atoms with van der Waals surface area (Å²) in [5.74, 6) is -1.45. The molecule has 1 aromatic heterocycles. The lowest BCUT2D eigenvalue weighted by Gasteiger charge is -2.29. The number of phenols is 2. The molecule has 0 fully saturated rings. The monoisotopic (exact) mass is 488 g/mol. The van der Waals surface area contributed by atoms with Crippen molar-refractivity contribution in [2.24, 2.45) is 5.73 Å². The van der Waals surface area contributed by atoms with Crippen LogP contribution in [0.5, 0.6) is 17.2 Å². The molecule has 0 radical (unpaired) electrons. The van der Waals surface area contributed by atoms with Gasteiger partial charge >= 0.3 is 0 Å². The van der Waals surface area contributed by atoms with Crippen LogP contribution < -0.4 is 20.3 Å². The highest BCUT2D eigenvalue weighted by molar-refractivity contribution is 6.29. The van der Waals surface area contributed by atoms with Crippen molar-refractivity contribution >= 4 is 23.1 Å². The van der Waals surface area contributed by atoms with Crippen molar-refractivity contribution in [2.75, 3.05) is 36.0 Å². The highest BCUT2D eigenvalue weighted by atomic mass is 16.5. The smallest absolute Gasteiger partial charge is 0.235 e. The van der Waals surface area contributed by atoms with Gasteiger partial charge in [-0.15, -0.1) is 0 Å². The molecule has 10 nitrogen and oxygen atoms in total. The molecule has 184 valence electrons. The number of phenolic OH excluding ortho intramolecular Hbond substituents is 2. The number of benzene rings is 2. The number of rotatable bonds is 6. The van der Waals surface area contributed by atoms with E-state index in [1.54, 1.807) is 35.4 Å². The van der Waals surface area contributed by atoms with Crippen molar-refractivity contribution in [1.29, 1.82) is 0 Å². The van der Waals surface area contributed by atoms with Crippen molar-refractivity contribution < 1.29 is 29.6 Å². The van der Waals surface area contributed by atoms with Crippen molar-refractivity contribution in [3.8, 4) is 17.2 Å². The number of carbonyl (C=O) groups is 2. The maximum absolute atomic E-state index is 13.7. The number of hydrogen-bond acceptors (Lipinski definition) is 10. The number of aliphatic hydroxyl groups is 1. The van der Waals surface area contributed by atoms with Crippen molar-refractivity contribution in [2.45, 2.75) is 6.54 Å². The first-order chi connectivity index (χ1) is 17.4. The number of para-hydroxylation sites is 1. The fourth-order valence-electron chi connectivity index (χ4n) is 4.48. The highest BCUT2D eigenvalue weighted by Crippen LogP contribution is 2.42. The third kappa shape index (κ3) is 3.82. The number of hydrogen-bond donors (Lipinski definition) is 4. The summed E-state index contributed by atoms with van der Waals surface area (Å²) in [6, 6.07) is 12.9. The second-order valence-electron chi connectivity index (χ2n) is 8.36. The molecule has 2 aromatic carbocycles. The van der Waals surface area contributed by atoms with E-state index in [9.17, 15) is 24.9 Å². The van der Waals surface area contributed by atoms with E-state index in [0.717, 1.165) is 11.6 Å². The quantitative estimate of drug-likeness (QED) is 0.379. The number of aromatic nitrogens is 1. The summed E-state index contributed by atoms with van der Waals surface area (Å²) in [4.78, 5) is 35.2. The van der Waals surface area contributed by atoms with Gasteiger partial charge < -0.3 is 35.6 Å². The van der Waals surface area contributed by atoms with Crippen LogP contribution in [0.15, 0.2) is 66.2 Å². The Morgan fingerprint density at radius 3 is 2.36 bits per heavy atom. The maximum atomic E-state index is 13.7. The fraction of sp³-hybridized carbons (Fsp3) is 0.192. The lowest BCUT2D eigenvalue weighted by molar-refractivity contribution is 0.0931. The van der Waals surface area contributed by atoms with E-state index in [1.807, 2.05) is 17.0 Å². The first-order valence-corrected chi connectivity index (χ1v) is 11.4. The van der Waals surface area contributed by atoms with Gasteiger partial charge in [-0.1, -0.05) is 18.2 Å². The maximum Gasteiger partial charge on any atom is 0.235 e. The van der Waals surface area contributed by atoms with Gasteiger partial charge in [0.15, 0.2) is 0 Å². The number of fused-ring (bicyclic) bond motifs is 2. The summed E-state index contributed by atoms with van der Waals surface area (Å²) in [6.45, 7) is 1.36. The Labute approximate surface area is 206 Å². The van der Waals surface area contributed by atoms with Gasteiger partial charge in [-0.05, 0) is 30.3 Å². The number of carbonyl (C=O) groups excluding carboxylic acids is 2. The molecule has 1 aliphatic carbocycles. The van der Waals surface area contributed by atoms with Gasteiger partial charge in [0.2, 0.25) is 17.3 Å². The van der Waals surface area contributed by atoms with Gasteiger partial charge in [0, 0.05) is 25.2 Å². The van der Waals surface area contributed by atoms with Crippen LogP contribution >= 0.6 is 0 Å². The average Bonchev–Trinajstić information content (AvgIpc) is 3.06. The number of ketones is 2. The number of anilines is 2. The lowest BCUT2D eigenvalue weighted by Crippen LogP contribution is -2.35. The van der Waals surface area contributed by atoms with Crippen molar-refractivity contribution in [1.82, 2.24) is 4.98 Å². The third-order valence-corrected chi connectivity index (χ3v) is 6.17. The molecule has 0 amide bonds. The Hall–Kier alpha value is -4.41. The number of aliphatic hydroxyl groups excluding tert-OH is 1. The van der Waals surface area contributed by atoms with E-state index < -0.39 is 23.1 Å². The second kappa shape index (κ2) is 9.33. The number of allylic oxidation sites excluding steroid dienone is 2. The van der Waals surface area contributed by atoms with Gasteiger partial charge in [0.25, 0.3) is 0 Å². The molecule has 2 aliphatic rings. The topological polar surface area (TPSA) is 149 Å². The molecule has 2 heterocycles. The van der Waals surface area contributed by atoms with E-state index in [-0.39, 0.29) is 35.7 Å². The zero-order valence-corrected chi connectivity index (χ0v) is 19.2. The summed E-state index contributed by atoms with van der Waals surface area (Å²) in [5, 5.41) is 30.2. The molecule has 0 atom stereocenters. The summed E-state index contributed by atoms with van der Waals surface area (Å²) in [6.07, 6.45) is 1.56. The first-order valence-electron chi connectivity index (χ1n) is 11.4. The fourth-order valence-corrected chi connectivity index (χ4v) is 4.48. The molecule has 0 bridgehead atoms. The Morgan fingerprint density at radius 2 is 1.69 bits per heavy atom. The van der Waals surface area contributed by atoms with Crippen LogP contribution in [0, 0.1) is 0 Å². The predicted molar refractivity (Wildman–Crippen MR) is 131 cm³/mol. The Balaban J connectivity index is 1.65. The Bertz CT molecular complexity index is 1380. The molecule has 0 spiro atoms. The number of Topliss-reactive ketones (excluding diaryl/α,β-unsaturated/α-hetero) is 2. The van der Waals surface area contributed by atoms with Gasteiger partial charge in [0.05, 0.1) is 36.2 Å². The minimum absolute atomic E-state index is 0.0617. The molecule has 10 heteroatoms. The highest BCUT2D eigenvalue weighted by Gasteiger charge is 2.42.